The molecule has 2 atom stereocenters. The van der Waals surface area contributed by atoms with Crippen molar-refractivity contribution < 1.29 is 14.3 Å². The van der Waals surface area contributed by atoms with Gasteiger partial charge >= 0.3 is 6.03 Å². The molecule has 0 aromatic heterocycles. The van der Waals surface area contributed by atoms with Gasteiger partial charge in [0.15, 0.2) is 0 Å². The van der Waals surface area contributed by atoms with E-state index in [2.05, 4.69) is 10.6 Å². The molecule has 0 radical (unpaired) electrons. The molecule has 0 spiro atoms. The van der Waals surface area contributed by atoms with Crippen molar-refractivity contribution in [3.05, 3.63) is 29.8 Å². The summed E-state index contributed by atoms with van der Waals surface area (Å²) in [7, 11) is 0. The van der Waals surface area contributed by atoms with Gasteiger partial charge in [-0.15, -0.1) is 0 Å². The van der Waals surface area contributed by atoms with Gasteiger partial charge in [0.1, 0.15) is 11.8 Å². The minimum atomic E-state index is -0.466. The van der Waals surface area contributed by atoms with Crippen LogP contribution in [0.5, 0.6) is 5.75 Å². The van der Waals surface area contributed by atoms with E-state index in [4.69, 9.17) is 4.74 Å². The zero-order chi connectivity index (χ0) is 17.5. The summed E-state index contributed by atoms with van der Waals surface area (Å²) in [6.45, 7) is 7.47. The number of benzene rings is 1. The Kier molecular flexibility index (Phi) is 6.46. The molecule has 1 fully saturated rings. The molecule has 3 amide bonds. The lowest BCUT2D eigenvalue weighted by molar-refractivity contribution is -0.124. The summed E-state index contributed by atoms with van der Waals surface area (Å²) in [5.74, 6) is 0.680. The molecule has 1 aromatic rings. The van der Waals surface area contributed by atoms with Crippen LogP contribution < -0.4 is 15.4 Å². The van der Waals surface area contributed by atoms with Crippen LogP contribution in [-0.4, -0.2) is 42.6 Å². The maximum absolute atomic E-state index is 12.7. The Bertz CT molecular complexity index is 576. The first kappa shape index (κ1) is 18.1. The minimum Gasteiger partial charge on any atom is -0.494 e. The lowest BCUT2D eigenvalue weighted by atomic mass is 10.0. The van der Waals surface area contributed by atoms with Gasteiger partial charge in [-0.25, -0.2) is 4.79 Å². The van der Waals surface area contributed by atoms with Crippen LogP contribution in [0.25, 0.3) is 0 Å². The van der Waals surface area contributed by atoms with Gasteiger partial charge in [0.25, 0.3) is 0 Å². The number of carbonyl (C=O) groups excluding carboxylic acids is 2. The monoisotopic (exact) mass is 333 g/mol. The summed E-state index contributed by atoms with van der Waals surface area (Å²) in [6, 6.07) is 6.91. The number of para-hydroxylation sites is 1. The molecule has 132 valence electrons. The average molecular weight is 333 g/mol. The van der Waals surface area contributed by atoms with Crippen LogP contribution in [0.15, 0.2) is 24.3 Å². The molecule has 0 bridgehead atoms. The molecule has 1 aliphatic rings. The van der Waals surface area contributed by atoms with Gasteiger partial charge < -0.3 is 20.3 Å². The Labute approximate surface area is 143 Å². The first-order chi connectivity index (χ1) is 11.6. The largest absolute Gasteiger partial charge is 0.494 e. The van der Waals surface area contributed by atoms with Crippen LogP contribution in [0.4, 0.5) is 4.79 Å². The van der Waals surface area contributed by atoms with Gasteiger partial charge in [0.05, 0.1) is 12.6 Å². The highest BCUT2D eigenvalue weighted by Gasteiger charge is 2.29. The predicted molar refractivity (Wildman–Crippen MR) is 93.0 cm³/mol. The van der Waals surface area contributed by atoms with Crippen molar-refractivity contribution in [2.24, 2.45) is 0 Å². The molecule has 24 heavy (non-hydrogen) atoms. The average Bonchev–Trinajstić information content (AvgIpc) is 2.75. The Hall–Kier alpha value is -2.24. The third-order valence-corrected chi connectivity index (χ3v) is 4.28. The van der Waals surface area contributed by atoms with Crippen molar-refractivity contribution in [1.29, 1.82) is 0 Å². The first-order valence-corrected chi connectivity index (χ1v) is 8.65. The molecule has 1 aliphatic heterocycles. The van der Waals surface area contributed by atoms with Crippen LogP contribution in [0.2, 0.25) is 0 Å². The lowest BCUT2D eigenvalue weighted by Gasteiger charge is -2.29. The number of carbonyl (C=O) groups is 2. The second kappa shape index (κ2) is 8.57. The summed E-state index contributed by atoms with van der Waals surface area (Å²) in [6.07, 6.45) is 1.50. The molecule has 2 N–H and O–H groups in total. The van der Waals surface area contributed by atoms with E-state index in [0.717, 1.165) is 24.2 Å². The molecule has 2 rings (SSSR count). The molecule has 1 saturated heterocycles. The normalized spacial score (nSPS) is 19.2. The van der Waals surface area contributed by atoms with Crippen LogP contribution in [0.1, 0.15) is 45.2 Å². The Morgan fingerprint density at radius 3 is 2.88 bits per heavy atom. The number of urea groups is 1. The van der Waals surface area contributed by atoms with Gasteiger partial charge in [0, 0.05) is 18.7 Å². The van der Waals surface area contributed by atoms with E-state index in [1.807, 2.05) is 38.1 Å². The number of nitrogens with one attached hydrogen (secondary N) is 2. The van der Waals surface area contributed by atoms with Crippen molar-refractivity contribution in [2.75, 3.05) is 19.7 Å². The fourth-order valence-electron chi connectivity index (χ4n) is 2.91. The standard InChI is InChI=1S/C18H27N3O3/c1-4-15(14-9-6-7-10-16(14)24-5-2)20-18(23)21-12-8-11-19-17(22)13(21)3/h6-7,9-10,13,15H,4-5,8,11-12H2,1-3H3,(H,19,22)(H,20,23). The molecule has 1 aromatic carbocycles. The van der Waals surface area contributed by atoms with Gasteiger partial charge in [-0.3, -0.25) is 4.79 Å². The van der Waals surface area contributed by atoms with Crippen molar-refractivity contribution >= 4 is 11.9 Å². The van der Waals surface area contributed by atoms with Crippen LogP contribution in [0, 0.1) is 0 Å². The number of hydrogen-bond donors (Lipinski definition) is 2. The second-order valence-electron chi connectivity index (χ2n) is 5.90. The second-order valence-corrected chi connectivity index (χ2v) is 5.90. The third kappa shape index (κ3) is 4.19. The van der Waals surface area contributed by atoms with E-state index in [0.29, 0.717) is 19.7 Å². The van der Waals surface area contributed by atoms with E-state index >= 15 is 0 Å². The summed E-state index contributed by atoms with van der Waals surface area (Å²) in [5, 5.41) is 5.88. The highest BCUT2D eigenvalue weighted by atomic mass is 16.5. The van der Waals surface area contributed by atoms with E-state index in [-0.39, 0.29) is 18.0 Å². The van der Waals surface area contributed by atoms with E-state index in [1.165, 1.54) is 0 Å². The topological polar surface area (TPSA) is 70.7 Å². The van der Waals surface area contributed by atoms with Crippen LogP contribution in [-0.2, 0) is 4.79 Å². The number of ether oxygens (including phenoxy) is 1. The minimum absolute atomic E-state index is 0.106. The van der Waals surface area contributed by atoms with Crippen LogP contribution in [0.3, 0.4) is 0 Å². The van der Waals surface area contributed by atoms with Crippen molar-refractivity contribution in [3.8, 4) is 5.75 Å². The predicted octanol–water partition coefficient (Wildman–Crippen LogP) is 2.46. The van der Waals surface area contributed by atoms with Gasteiger partial charge in [-0.05, 0) is 32.8 Å². The number of nitrogens with zero attached hydrogens (tertiary/aromatic N) is 1. The quantitative estimate of drug-likeness (QED) is 0.869. The number of hydrogen-bond acceptors (Lipinski definition) is 3. The molecule has 6 heteroatoms. The Balaban J connectivity index is 2.14. The third-order valence-electron chi connectivity index (χ3n) is 4.28. The number of amides is 3. The molecule has 0 saturated carbocycles. The summed E-state index contributed by atoms with van der Waals surface area (Å²) >= 11 is 0. The molecule has 6 nitrogen and oxygen atoms in total. The van der Waals surface area contributed by atoms with Crippen LogP contribution >= 0.6 is 0 Å². The zero-order valence-electron chi connectivity index (χ0n) is 14.7. The van der Waals surface area contributed by atoms with Gasteiger partial charge in [-0.2, -0.15) is 0 Å². The lowest BCUT2D eigenvalue weighted by Crippen LogP contribution is -2.50. The Morgan fingerprint density at radius 1 is 1.42 bits per heavy atom. The SMILES string of the molecule is CCOc1ccccc1C(CC)NC(=O)N1CCCNC(=O)C1C. The van der Waals surface area contributed by atoms with Crippen molar-refractivity contribution in [2.45, 2.75) is 45.7 Å². The zero-order valence-corrected chi connectivity index (χ0v) is 14.7. The van der Waals surface area contributed by atoms with E-state index in [1.54, 1.807) is 11.8 Å². The smallest absolute Gasteiger partial charge is 0.318 e. The summed E-state index contributed by atoms with van der Waals surface area (Å²) < 4.78 is 5.68. The highest BCUT2D eigenvalue weighted by Crippen LogP contribution is 2.27. The molecule has 2 unspecified atom stereocenters. The fraction of sp³-hybridized carbons (Fsp3) is 0.556. The van der Waals surface area contributed by atoms with Gasteiger partial charge in [-0.1, -0.05) is 25.1 Å². The fourth-order valence-corrected chi connectivity index (χ4v) is 2.91. The molecular weight excluding hydrogens is 306 g/mol. The van der Waals surface area contributed by atoms with Crippen molar-refractivity contribution in [3.63, 3.8) is 0 Å². The maximum Gasteiger partial charge on any atom is 0.318 e. The van der Waals surface area contributed by atoms with E-state index in [9.17, 15) is 9.59 Å². The molecule has 0 aliphatic carbocycles. The first-order valence-electron chi connectivity index (χ1n) is 8.65. The molecule has 1 heterocycles. The highest BCUT2D eigenvalue weighted by molar-refractivity contribution is 5.87. The summed E-state index contributed by atoms with van der Waals surface area (Å²) in [4.78, 5) is 26.3. The number of rotatable bonds is 5. The van der Waals surface area contributed by atoms with Gasteiger partial charge in [0.2, 0.25) is 5.91 Å². The molecular formula is C18H27N3O3. The summed E-state index contributed by atoms with van der Waals surface area (Å²) in [5.41, 5.74) is 0.960. The maximum atomic E-state index is 12.7. The Morgan fingerprint density at radius 2 is 2.17 bits per heavy atom. The van der Waals surface area contributed by atoms with E-state index < -0.39 is 6.04 Å². The van der Waals surface area contributed by atoms with Crippen molar-refractivity contribution in [1.82, 2.24) is 15.5 Å².